The molecule has 0 aromatic heterocycles. The Kier molecular flexibility index (Phi) is 4.07. The van der Waals surface area contributed by atoms with Gasteiger partial charge in [-0.1, -0.05) is 6.07 Å². The normalized spacial score (nSPS) is 11.3. The summed E-state index contributed by atoms with van der Waals surface area (Å²) < 4.78 is 5.44. The van der Waals surface area contributed by atoms with Gasteiger partial charge in [0, 0.05) is 12.5 Å². The fourth-order valence-electron chi connectivity index (χ4n) is 1.37. The summed E-state index contributed by atoms with van der Waals surface area (Å²) >= 11 is 0. The van der Waals surface area contributed by atoms with E-state index in [4.69, 9.17) is 4.74 Å². The van der Waals surface area contributed by atoms with Crippen LogP contribution >= 0.6 is 0 Å². The molecule has 0 saturated carbocycles. The predicted molar refractivity (Wildman–Crippen MR) is 64.2 cm³/mol. The van der Waals surface area contributed by atoms with Crippen LogP contribution in [0.5, 0.6) is 5.75 Å². The second-order valence-electron chi connectivity index (χ2n) is 4.57. The van der Waals surface area contributed by atoms with Crippen LogP contribution in [0.25, 0.3) is 0 Å². The zero-order valence-electron chi connectivity index (χ0n) is 10.3. The lowest BCUT2D eigenvalue weighted by Gasteiger charge is -2.17. The van der Waals surface area contributed by atoms with Crippen molar-refractivity contribution in [3.05, 3.63) is 33.9 Å². The number of nitrogens with zero attached hydrogens (tertiary/aromatic N) is 1. The molecule has 0 atom stereocenters. The van der Waals surface area contributed by atoms with Crippen LogP contribution in [-0.2, 0) is 0 Å². The molecule has 0 aliphatic carbocycles. The van der Waals surface area contributed by atoms with Gasteiger partial charge in [-0.3, -0.25) is 10.1 Å². The lowest BCUT2D eigenvalue weighted by molar-refractivity contribution is -0.385. The monoisotopic (exact) mass is 239 g/mol. The Bertz CT molecular complexity index is 409. The van der Waals surface area contributed by atoms with E-state index >= 15 is 0 Å². The van der Waals surface area contributed by atoms with E-state index in [2.05, 4.69) is 0 Å². The summed E-state index contributed by atoms with van der Waals surface area (Å²) in [5.74, 6) is 0.489. The second kappa shape index (κ2) is 5.14. The van der Waals surface area contributed by atoms with Crippen LogP contribution in [0.1, 0.15) is 25.8 Å². The molecular weight excluding hydrogens is 222 g/mol. The molecule has 0 saturated heterocycles. The highest BCUT2D eigenvalue weighted by molar-refractivity contribution is 5.48. The zero-order chi connectivity index (χ0) is 13.1. The number of aliphatic hydroxyl groups is 1. The van der Waals surface area contributed by atoms with Gasteiger partial charge < -0.3 is 9.84 Å². The maximum atomic E-state index is 10.7. The number of ether oxygens (including phenoxy) is 1. The van der Waals surface area contributed by atoms with Crippen LogP contribution in [0.2, 0.25) is 0 Å². The van der Waals surface area contributed by atoms with Crippen LogP contribution in [0.4, 0.5) is 5.69 Å². The molecule has 0 radical (unpaired) electrons. The van der Waals surface area contributed by atoms with Gasteiger partial charge in [0.05, 0.1) is 22.7 Å². The summed E-state index contributed by atoms with van der Waals surface area (Å²) in [5.41, 5.74) is -0.242. The van der Waals surface area contributed by atoms with Crippen LogP contribution in [0, 0.1) is 17.0 Å². The molecular formula is C12H17NO4. The lowest BCUT2D eigenvalue weighted by Crippen LogP contribution is -2.21. The third-order valence-electron chi connectivity index (χ3n) is 2.42. The first kappa shape index (κ1) is 13.4. The minimum absolute atomic E-state index is 0.0470. The Morgan fingerprint density at radius 3 is 2.65 bits per heavy atom. The summed E-state index contributed by atoms with van der Waals surface area (Å²) in [7, 11) is 0. The first-order valence-electron chi connectivity index (χ1n) is 5.40. The molecule has 0 unspecified atom stereocenters. The highest BCUT2D eigenvalue weighted by Crippen LogP contribution is 2.27. The summed E-state index contributed by atoms with van der Waals surface area (Å²) in [6.07, 6.45) is 0.467. The molecule has 0 aliphatic rings. The second-order valence-corrected chi connectivity index (χ2v) is 4.57. The van der Waals surface area contributed by atoms with E-state index in [1.54, 1.807) is 32.9 Å². The van der Waals surface area contributed by atoms with Gasteiger partial charge in [-0.15, -0.1) is 0 Å². The molecule has 0 amide bonds. The molecule has 1 aromatic carbocycles. The van der Waals surface area contributed by atoms with Gasteiger partial charge in [-0.05, 0) is 26.8 Å². The lowest BCUT2D eigenvalue weighted by atomic mass is 10.1. The van der Waals surface area contributed by atoms with Gasteiger partial charge in [0.1, 0.15) is 5.75 Å². The van der Waals surface area contributed by atoms with E-state index in [-0.39, 0.29) is 5.69 Å². The van der Waals surface area contributed by atoms with Gasteiger partial charge in [0.25, 0.3) is 5.69 Å². The fourth-order valence-corrected chi connectivity index (χ4v) is 1.37. The molecule has 17 heavy (non-hydrogen) atoms. The Labute approximate surface area is 100 Å². The SMILES string of the molecule is Cc1c(OCCC(C)(C)O)cccc1[N+](=O)[O-]. The highest BCUT2D eigenvalue weighted by atomic mass is 16.6. The summed E-state index contributed by atoms with van der Waals surface area (Å²) in [6, 6.07) is 4.72. The van der Waals surface area contributed by atoms with Gasteiger partial charge in [0.2, 0.25) is 0 Å². The van der Waals surface area contributed by atoms with Crippen LogP contribution in [0.3, 0.4) is 0 Å². The Hall–Kier alpha value is -1.62. The first-order chi connectivity index (χ1) is 7.81. The van der Waals surface area contributed by atoms with Gasteiger partial charge in [-0.25, -0.2) is 0 Å². The molecule has 1 rings (SSSR count). The van der Waals surface area contributed by atoms with E-state index in [0.717, 1.165) is 0 Å². The number of benzene rings is 1. The minimum atomic E-state index is -0.797. The molecule has 0 bridgehead atoms. The summed E-state index contributed by atoms with van der Waals surface area (Å²) in [4.78, 5) is 10.3. The van der Waals surface area contributed by atoms with Crippen LogP contribution in [0.15, 0.2) is 18.2 Å². The summed E-state index contributed by atoms with van der Waals surface area (Å²) in [6.45, 7) is 5.36. The molecule has 0 aliphatic heterocycles. The van der Waals surface area contributed by atoms with Crippen molar-refractivity contribution in [3.8, 4) is 5.75 Å². The Balaban J connectivity index is 2.72. The molecule has 0 fully saturated rings. The van der Waals surface area contributed by atoms with Crippen molar-refractivity contribution in [2.75, 3.05) is 6.61 Å². The minimum Gasteiger partial charge on any atom is -0.493 e. The van der Waals surface area contributed by atoms with Crippen molar-refractivity contribution in [3.63, 3.8) is 0 Å². The van der Waals surface area contributed by atoms with E-state index < -0.39 is 10.5 Å². The van der Waals surface area contributed by atoms with Crippen molar-refractivity contribution in [1.82, 2.24) is 0 Å². The van der Waals surface area contributed by atoms with Crippen molar-refractivity contribution >= 4 is 5.69 Å². The third kappa shape index (κ3) is 4.03. The van der Waals surface area contributed by atoms with Crippen molar-refractivity contribution in [1.29, 1.82) is 0 Å². The number of hydrogen-bond donors (Lipinski definition) is 1. The molecule has 1 N–H and O–H groups in total. The number of nitro groups is 1. The van der Waals surface area contributed by atoms with Gasteiger partial charge >= 0.3 is 0 Å². The quantitative estimate of drug-likeness (QED) is 0.632. The largest absolute Gasteiger partial charge is 0.493 e. The first-order valence-corrected chi connectivity index (χ1v) is 5.40. The average Bonchev–Trinajstić information content (AvgIpc) is 2.18. The molecule has 1 aromatic rings. The Morgan fingerprint density at radius 2 is 2.12 bits per heavy atom. The fraction of sp³-hybridized carbons (Fsp3) is 0.500. The number of rotatable bonds is 5. The average molecular weight is 239 g/mol. The van der Waals surface area contributed by atoms with Crippen LogP contribution < -0.4 is 4.74 Å². The van der Waals surface area contributed by atoms with E-state index in [1.807, 2.05) is 0 Å². The van der Waals surface area contributed by atoms with E-state index in [0.29, 0.717) is 24.3 Å². The number of nitro benzene ring substituents is 1. The van der Waals surface area contributed by atoms with E-state index in [9.17, 15) is 15.2 Å². The Morgan fingerprint density at radius 1 is 1.47 bits per heavy atom. The van der Waals surface area contributed by atoms with Crippen molar-refractivity contribution in [2.24, 2.45) is 0 Å². The maximum absolute atomic E-state index is 10.7. The van der Waals surface area contributed by atoms with Gasteiger partial charge in [0.15, 0.2) is 0 Å². The molecule has 5 heteroatoms. The van der Waals surface area contributed by atoms with Crippen molar-refractivity contribution in [2.45, 2.75) is 32.8 Å². The molecule has 94 valence electrons. The maximum Gasteiger partial charge on any atom is 0.276 e. The zero-order valence-corrected chi connectivity index (χ0v) is 10.3. The molecule has 0 heterocycles. The molecule has 0 spiro atoms. The van der Waals surface area contributed by atoms with Gasteiger partial charge in [-0.2, -0.15) is 0 Å². The predicted octanol–water partition coefficient (Wildman–Crippen LogP) is 2.44. The topological polar surface area (TPSA) is 72.6 Å². The summed E-state index contributed by atoms with van der Waals surface area (Å²) in [5, 5.41) is 20.2. The highest BCUT2D eigenvalue weighted by Gasteiger charge is 2.16. The number of hydrogen-bond acceptors (Lipinski definition) is 4. The van der Waals surface area contributed by atoms with Crippen molar-refractivity contribution < 1.29 is 14.8 Å². The van der Waals surface area contributed by atoms with Crippen LogP contribution in [-0.4, -0.2) is 22.2 Å². The van der Waals surface area contributed by atoms with E-state index in [1.165, 1.54) is 6.07 Å². The standard InChI is InChI=1S/C12H17NO4/c1-9-10(13(15)16)5-4-6-11(9)17-8-7-12(2,3)14/h4-6,14H,7-8H2,1-3H3. The molecule has 5 nitrogen and oxygen atoms in total. The third-order valence-corrected chi connectivity index (χ3v) is 2.42. The smallest absolute Gasteiger partial charge is 0.276 e.